The third kappa shape index (κ3) is 5.71. The highest BCUT2D eigenvalue weighted by atomic mass is 35.5. The maximum Gasteiger partial charge on any atom is 0.338 e. The molecule has 0 bridgehead atoms. The predicted octanol–water partition coefficient (Wildman–Crippen LogP) is 4.66. The molecular weight excluding hydrogens is 464 g/mol. The normalized spacial score (nSPS) is 11.0. The Morgan fingerprint density at radius 1 is 1.00 bits per heavy atom. The Hall–Kier alpha value is -3.36. The van der Waals surface area contributed by atoms with E-state index in [1.54, 1.807) is 68.4 Å². The molecule has 3 rings (SSSR count). The van der Waals surface area contributed by atoms with Gasteiger partial charge in [-0.25, -0.2) is 13.2 Å². The maximum atomic E-state index is 13.4. The lowest BCUT2D eigenvalue weighted by Crippen LogP contribution is -2.38. The molecule has 1 amide bonds. The number of hydrogen-bond acceptors (Lipinski definition) is 5. The monoisotopic (exact) mass is 486 g/mol. The number of nitrogens with zero attached hydrogens (tertiary/aromatic N) is 1. The van der Waals surface area contributed by atoms with Crippen LogP contribution in [-0.2, 0) is 19.6 Å². The standard InChI is InChI=1S/C24H23ClN2O5S/c1-3-32-24(29)21-13-8-14-22(17(21)2)26-23(28)16-27(19-10-7-9-18(25)15-19)33(30,31)20-11-5-4-6-12-20/h4-15H,3,16H2,1-2H3,(H,26,28). The van der Waals surface area contributed by atoms with E-state index in [4.69, 9.17) is 16.3 Å². The van der Waals surface area contributed by atoms with Gasteiger partial charge in [0.15, 0.2) is 0 Å². The van der Waals surface area contributed by atoms with Gasteiger partial charge in [-0.15, -0.1) is 0 Å². The molecule has 7 nitrogen and oxygen atoms in total. The van der Waals surface area contributed by atoms with Crippen molar-refractivity contribution in [2.45, 2.75) is 18.7 Å². The minimum atomic E-state index is -4.06. The summed E-state index contributed by atoms with van der Waals surface area (Å²) < 4.78 is 32.8. The van der Waals surface area contributed by atoms with Crippen LogP contribution < -0.4 is 9.62 Å². The summed E-state index contributed by atoms with van der Waals surface area (Å²) >= 11 is 6.08. The van der Waals surface area contributed by atoms with E-state index < -0.39 is 28.4 Å². The van der Waals surface area contributed by atoms with Gasteiger partial charge < -0.3 is 10.1 Å². The van der Waals surface area contributed by atoms with Gasteiger partial charge in [0.1, 0.15) is 6.54 Å². The summed E-state index contributed by atoms with van der Waals surface area (Å²) in [6, 6.07) is 18.9. The summed E-state index contributed by atoms with van der Waals surface area (Å²) in [7, 11) is -4.06. The zero-order valence-electron chi connectivity index (χ0n) is 18.1. The molecule has 0 aromatic heterocycles. The highest BCUT2D eigenvalue weighted by Gasteiger charge is 2.27. The van der Waals surface area contributed by atoms with Gasteiger partial charge in [0.2, 0.25) is 5.91 Å². The third-order valence-corrected chi connectivity index (χ3v) is 6.84. The van der Waals surface area contributed by atoms with Gasteiger partial charge in [0.05, 0.1) is 22.8 Å². The average Bonchev–Trinajstić information content (AvgIpc) is 2.79. The Kier molecular flexibility index (Phi) is 7.73. The van der Waals surface area contributed by atoms with E-state index in [2.05, 4.69) is 5.32 Å². The van der Waals surface area contributed by atoms with E-state index in [1.165, 1.54) is 18.2 Å². The highest BCUT2D eigenvalue weighted by Crippen LogP contribution is 2.26. The van der Waals surface area contributed by atoms with Crippen LogP contribution >= 0.6 is 11.6 Å². The van der Waals surface area contributed by atoms with Crippen LogP contribution in [0.4, 0.5) is 11.4 Å². The van der Waals surface area contributed by atoms with Gasteiger partial charge in [-0.3, -0.25) is 9.10 Å². The van der Waals surface area contributed by atoms with Crippen LogP contribution in [0.3, 0.4) is 0 Å². The molecule has 172 valence electrons. The summed E-state index contributed by atoms with van der Waals surface area (Å²) in [6.07, 6.45) is 0. The molecule has 0 atom stereocenters. The number of benzene rings is 3. The van der Waals surface area contributed by atoms with Crippen molar-refractivity contribution >= 4 is 44.9 Å². The smallest absolute Gasteiger partial charge is 0.338 e. The molecule has 0 unspecified atom stereocenters. The maximum absolute atomic E-state index is 13.4. The molecule has 33 heavy (non-hydrogen) atoms. The van der Waals surface area contributed by atoms with Crippen molar-refractivity contribution < 1.29 is 22.7 Å². The van der Waals surface area contributed by atoms with Gasteiger partial charge >= 0.3 is 5.97 Å². The minimum absolute atomic E-state index is 0.0401. The molecular formula is C24H23ClN2O5S. The van der Waals surface area contributed by atoms with Crippen LogP contribution in [0.25, 0.3) is 0 Å². The van der Waals surface area contributed by atoms with Crippen LogP contribution in [-0.4, -0.2) is 33.4 Å². The number of hydrogen-bond donors (Lipinski definition) is 1. The van der Waals surface area contributed by atoms with Gasteiger partial charge in [-0.05, 0) is 61.9 Å². The third-order valence-electron chi connectivity index (χ3n) is 4.82. The number of carbonyl (C=O) groups is 2. The van der Waals surface area contributed by atoms with Gasteiger partial charge in [0, 0.05) is 10.7 Å². The second-order valence-corrected chi connectivity index (χ2v) is 9.35. The number of rotatable bonds is 8. The average molecular weight is 487 g/mol. The Bertz CT molecular complexity index is 1260. The molecule has 0 spiro atoms. The molecule has 3 aromatic carbocycles. The fraction of sp³-hybridized carbons (Fsp3) is 0.167. The number of nitrogens with one attached hydrogen (secondary N) is 1. The molecule has 1 N–H and O–H groups in total. The lowest BCUT2D eigenvalue weighted by molar-refractivity contribution is -0.114. The van der Waals surface area contributed by atoms with Crippen LogP contribution in [0.2, 0.25) is 5.02 Å². The van der Waals surface area contributed by atoms with Crippen molar-refractivity contribution in [2.75, 3.05) is 22.8 Å². The number of anilines is 2. The first-order valence-electron chi connectivity index (χ1n) is 10.1. The predicted molar refractivity (Wildman–Crippen MR) is 128 cm³/mol. The van der Waals surface area contributed by atoms with E-state index >= 15 is 0 Å². The van der Waals surface area contributed by atoms with Crippen molar-refractivity contribution in [3.63, 3.8) is 0 Å². The number of esters is 1. The molecule has 9 heteroatoms. The second-order valence-electron chi connectivity index (χ2n) is 7.05. The summed E-state index contributed by atoms with van der Waals surface area (Å²) in [5, 5.41) is 3.03. The molecule has 0 saturated heterocycles. The van der Waals surface area contributed by atoms with E-state index in [-0.39, 0.29) is 17.2 Å². The quantitative estimate of drug-likeness (QED) is 0.467. The lowest BCUT2D eigenvalue weighted by atomic mass is 10.1. The Morgan fingerprint density at radius 3 is 2.36 bits per heavy atom. The molecule has 0 saturated carbocycles. The van der Waals surface area contributed by atoms with E-state index in [0.29, 0.717) is 21.8 Å². The van der Waals surface area contributed by atoms with Crippen LogP contribution in [0.5, 0.6) is 0 Å². The molecule has 0 radical (unpaired) electrons. The summed E-state index contributed by atoms with van der Waals surface area (Å²) in [4.78, 5) is 25.1. The number of carbonyl (C=O) groups excluding carboxylic acids is 2. The zero-order chi connectivity index (χ0) is 24.0. The largest absolute Gasteiger partial charge is 0.462 e. The topological polar surface area (TPSA) is 92.8 Å². The van der Waals surface area contributed by atoms with E-state index in [9.17, 15) is 18.0 Å². The lowest BCUT2D eigenvalue weighted by Gasteiger charge is -2.24. The number of amides is 1. The number of halogens is 1. The fourth-order valence-electron chi connectivity index (χ4n) is 3.19. The van der Waals surface area contributed by atoms with Crippen LogP contribution in [0.15, 0.2) is 77.7 Å². The van der Waals surface area contributed by atoms with Gasteiger partial charge in [-0.1, -0.05) is 41.9 Å². The van der Waals surface area contributed by atoms with Crippen LogP contribution in [0, 0.1) is 6.92 Å². The molecule has 0 fully saturated rings. The molecule has 0 aliphatic heterocycles. The molecule has 3 aromatic rings. The van der Waals surface area contributed by atoms with Crippen molar-refractivity contribution in [1.82, 2.24) is 0 Å². The van der Waals surface area contributed by atoms with Gasteiger partial charge in [0.25, 0.3) is 10.0 Å². The first kappa shape index (κ1) is 24.3. The second kappa shape index (κ2) is 10.5. The van der Waals surface area contributed by atoms with E-state index in [1.807, 2.05) is 0 Å². The highest BCUT2D eigenvalue weighted by molar-refractivity contribution is 7.92. The Morgan fingerprint density at radius 2 is 1.70 bits per heavy atom. The van der Waals surface area contributed by atoms with Crippen molar-refractivity contribution in [1.29, 1.82) is 0 Å². The van der Waals surface area contributed by atoms with E-state index in [0.717, 1.165) is 4.31 Å². The SMILES string of the molecule is CCOC(=O)c1cccc(NC(=O)CN(c2cccc(Cl)c2)S(=O)(=O)c2ccccc2)c1C. The summed E-state index contributed by atoms with van der Waals surface area (Å²) in [5.41, 5.74) is 1.47. The molecule has 0 aliphatic carbocycles. The van der Waals surface area contributed by atoms with Gasteiger partial charge in [-0.2, -0.15) is 0 Å². The Labute approximate surface area is 198 Å². The first-order chi connectivity index (χ1) is 15.7. The first-order valence-corrected chi connectivity index (χ1v) is 12.0. The summed E-state index contributed by atoms with van der Waals surface area (Å²) in [6.45, 7) is 3.11. The van der Waals surface area contributed by atoms with Crippen LogP contribution in [0.1, 0.15) is 22.8 Å². The fourth-order valence-corrected chi connectivity index (χ4v) is 4.81. The Balaban J connectivity index is 1.92. The van der Waals surface area contributed by atoms with Crippen molar-refractivity contribution in [2.24, 2.45) is 0 Å². The minimum Gasteiger partial charge on any atom is -0.462 e. The molecule has 0 aliphatic rings. The summed E-state index contributed by atoms with van der Waals surface area (Å²) in [5.74, 6) is -1.09. The van der Waals surface area contributed by atoms with Crippen molar-refractivity contribution in [3.05, 3.63) is 88.9 Å². The molecule has 0 heterocycles. The zero-order valence-corrected chi connectivity index (χ0v) is 19.7. The number of sulfonamides is 1. The number of ether oxygens (including phenoxy) is 1. The van der Waals surface area contributed by atoms with Crippen molar-refractivity contribution in [3.8, 4) is 0 Å².